The molecular weight excluding hydrogens is 493 g/mol. The van der Waals surface area contributed by atoms with E-state index in [0.29, 0.717) is 24.6 Å². The van der Waals surface area contributed by atoms with E-state index in [0.717, 1.165) is 69.8 Å². The zero-order chi connectivity index (χ0) is 26.5. The molecule has 0 radical (unpaired) electrons. The van der Waals surface area contributed by atoms with Crippen molar-refractivity contribution >= 4 is 17.7 Å². The molecule has 4 heterocycles. The van der Waals surface area contributed by atoms with Gasteiger partial charge in [0.2, 0.25) is 5.95 Å². The summed E-state index contributed by atoms with van der Waals surface area (Å²) in [6.45, 7) is 5.12. The smallest absolute Gasteiger partial charge is 0.356 e. The average Bonchev–Trinajstić information content (AvgIpc) is 3.23. The minimum Gasteiger partial charge on any atom is -0.356 e. The second-order valence-corrected chi connectivity index (χ2v) is 10.7. The van der Waals surface area contributed by atoms with Gasteiger partial charge in [0.1, 0.15) is 5.82 Å². The molecule has 1 aromatic carbocycles. The number of aromatic nitrogens is 2. The number of amides is 1. The molecule has 2 atom stereocenters. The van der Waals surface area contributed by atoms with Gasteiger partial charge in [0.15, 0.2) is 0 Å². The van der Waals surface area contributed by atoms with E-state index >= 15 is 0 Å². The predicted octanol–water partition coefficient (Wildman–Crippen LogP) is 5.06. The minimum absolute atomic E-state index is 0.200. The van der Waals surface area contributed by atoms with Gasteiger partial charge < -0.3 is 15.1 Å². The van der Waals surface area contributed by atoms with Gasteiger partial charge in [0.25, 0.3) is 5.91 Å². The zero-order valence-corrected chi connectivity index (χ0v) is 21.8. The highest BCUT2D eigenvalue weighted by molar-refractivity contribution is 5.94. The molecule has 0 spiro atoms. The minimum atomic E-state index is -4.41. The van der Waals surface area contributed by atoms with Gasteiger partial charge >= 0.3 is 6.18 Å². The molecule has 1 amide bonds. The van der Waals surface area contributed by atoms with Crippen LogP contribution in [-0.2, 0) is 6.18 Å². The summed E-state index contributed by atoms with van der Waals surface area (Å²) in [7, 11) is 0. The summed E-state index contributed by atoms with van der Waals surface area (Å²) in [6, 6.07) is 7.00. The molecule has 2 aromatic rings. The predicted molar refractivity (Wildman–Crippen MR) is 141 cm³/mol. The van der Waals surface area contributed by atoms with Gasteiger partial charge in [-0.25, -0.2) is 4.98 Å². The maximum absolute atomic E-state index is 13.1. The molecule has 0 bridgehead atoms. The summed E-state index contributed by atoms with van der Waals surface area (Å²) in [6.07, 6.45) is 6.35. The topological polar surface area (TPSA) is 64.6 Å². The van der Waals surface area contributed by atoms with Crippen LogP contribution >= 0.6 is 0 Å². The number of alkyl halides is 3. The van der Waals surface area contributed by atoms with Crippen LogP contribution in [0.2, 0.25) is 0 Å². The van der Waals surface area contributed by atoms with Crippen molar-refractivity contribution in [3.8, 4) is 0 Å². The Morgan fingerprint density at radius 1 is 0.868 bits per heavy atom. The van der Waals surface area contributed by atoms with Gasteiger partial charge in [-0.15, -0.1) is 0 Å². The number of nitrogens with one attached hydrogen (secondary N) is 1. The Morgan fingerprint density at radius 3 is 2.34 bits per heavy atom. The fourth-order valence-electron chi connectivity index (χ4n) is 5.95. The van der Waals surface area contributed by atoms with Gasteiger partial charge in [-0.3, -0.25) is 9.69 Å². The summed E-state index contributed by atoms with van der Waals surface area (Å²) in [5, 5.41) is 3.56. The van der Waals surface area contributed by atoms with E-state index in [1.165, 1.54) is 37.8 Å². The number of benzene rings is 1. The summed E-state index contributed by atoms with van der Waals surface area (Å²) in [5.41, 5.74) is -0.434. The van der Waals surface area contributed by atoms with Crippen LogP contribution in [0.4, 0.5) is 24.9 Å². The van der Waals surface area contributed by atoms with E-state index in [1.54, 1.807) is 4.90 Å². The number of halogens is 3. The quantitative estimate of drug-likeness (QED) is 0.583. The average molecular weight is 531 g/mol. The third-order valence-corrected chi connectivity index (χ3v) is 8.02. The molecule has 3 saturated heterocycles. The Labute approximate surface area is 222 Å². The molecule has 0 saturated carbocycles. The second-order valence-electron chi connectivity index (χ2n) is 10.7. The van der Waals surface area contributed by atoms with Gasteiger partial charge in [-0.2, -0.15) is 18.2 Å². The van der Waals surface area contributed by atoms with Gasteiger partial charge in [0.05, 0.1) is 5.56 Å². The molecule has 206 valence electrons. The normalized spacial score (nSPS) is 23.7. The van der Waals surface area contributed by atoms with Gasteiger partial charge in [0, 0.05) is 56.6 Å². The van der Waals surface area contributed by atoms with Crippen LogP contribution in [-0.4, -0.2) is 77.0 Å². The third kappa shape index (κ3) is 6.57. The Hall–Kier alpha value is -2.88. The molecule has 1 aromatic heterocycles. The summed E-state index contributed by atoms with van der Waals surface area (Å²) < 4.78 is 38.7. The number of hydrogen-bond donors (Lipinski definition) is 1. The monoisotopic (exact) mass is 530 g/mol. The largest absolute Gasteiger partial charge is 0.416 e. The van der Waals surface area contributed by atoms with Crippen molar-refractivity contribution in [1.29, 1.82) is 0 Å². The lowest BCUT2D eigenvalue weighted by Crippen LogP contribution is -2.54. The second kappa shape index (κ2) is 11.9. The van der Waals surface area contributed by atoms with Crippen LogP contribution in [0.25, 0.3) is 0 Å². The number of carbonyl (C=O) groups excluding carboxylic acids is 1. The fraction of sp³-hybridized carbons (Fsp3) is 0.607. The molecule has 2 unspecified atom stereocenters. The van der Waals surface area contributed by atoms with E-state index in [9.17, 15) is 18.0 Å². The van der Waals surface area contributed by atoms with E-state index < -0.39 is 11.7 Å². The summed E-state index contributed by atoms with van der Waals surface area (Å²) in [4.78, 5) is 29.0. The molecule has 10 heteroatoms. The lowest BCUT2D eigenvalue weighted by molar-refractivity contribution is -0.137. The molecule has 1 N–H and O–H groups in total. The van der Waals surface area contributed by atoms with Crippen molar-refractivity contribution in [3.63, 3.8) is 0 Å². The van der Waals surface area contributed by atoms with E-state index in [4.69, 9.17) is 4.98 Å². The standard InChI is InChI=1S/C28H37F3N6O/c29-28(30,31)22-11-9-21(10-12-22)26(38)37-18-6-8-24(20-37)36-17-5-7-23(19-36)33-27-32-14-13-25(34-27)35-15-3-1-2-4-16-35/h9-14,23-24H,1-8,15-20H2,(H,32,33,34). The number of nitrogens with zero attached hydrogens (tertiary/aromatic N) is 5. The molecule has 38 heavy (non-hydrogen) atoms. The molecule has 3 aliphatic rings. The lowest BCUT2D eigenvalue weighted by Gasteiger charge is -2.43. The maximum atomic E-state index is 13.1. The van der Waals surface area contributed by atoms with Crippen LogP contribution < -0.4 is 10.2 Å². The Kier molecular flexibility index (Phi) is 8.35. The molecule has 3 aliphatic heterocycles. The highest BCUT2D eigenvalue weighted by atomic mass is 19.4. The summed E-state index contributed by atoms with van der Waals surface area (Å²) >= 11 is 0. The first-order valence-corrected chi connectivity index (χ1v) is 13.9. The number of piperidine rings is 2. The van der Waals surface area contributed by atoms with Crippen LogP contribution in [0, 0.1) is 0 Å². The summed E-state index contributed by atoms with van der Waals surface area (Å²) in [5.74, 6) is 1.46. The molecular formula is C28H37F3N6O. The van der Waals surface area contributed by atoms with Crippen LogP contribution in [0.1, 0.15) is 67.3 Å². The number of rotatable bonds is 5. The SMILES string of the molecule is O=C(c1ccc(C(F)(F)F)cc1)N1CCCC(N2CCCC(Nc3nccc(N4CCCCCC4)n3)C2)C1. The number of hydrogen-bond acceptors (Lipinski definition) is 6. The van der Waals surface area contributed by atoms with Crippen molar-refractivity contribution in [3.05, 3.63) is 47.7 Å². The van der Waals surface area contributed by atoms with E-state index in [1.807, 2.05) is 12.3 Å². The van der Waals surface area contributed by atoms with Crippen molar-refractivity contribution < 1.29 is 18.0 Å². The van der Waals surface area contributed by atoms with Crippen LogP contribution in [0.15, 0.2) is 36.5 Å². The molecule has 0 aliphatic carbocycles. The molecule has 3 fully saturated rings. The van der Waals surface area contributed by atoms with Crippen molar-refractivity contribution in [2.45, 2.75) is 69.6 Å². The van der Waals surface area contributed by atoms with Crippen molar-refractivity contribution in [2.75, 3.05) is 49.5 Å². The zero-order valence-electron chi connectivity index (χ0n) is 21.8. The number of anilines is 2. The molecule has 7 nitrogen and oxygen atoms in total. The third-order valence-electron chi connectivity index (χ3n) is 8.02. The van der Waals surface area contributed by atoms with E-state index in [2.05, 4.69) is 20.1 Å². The van der Waals surface area contributed by atoms with Gasteiger partial charge in [-0.05, 0) is 75.4 Å². The Morgan fingerprint density at radius 2 is 1.61 bits per heavy atom. The first-order valence-electron chi connectivity index (χ1n) is 13.9. The van der Waals surface area contributed by atoms with Crippen LogP contribution in [0.3, 0.4) is 0 Å². The highest BCUT2D eigenvalue weighted by Gasteiger charge is 2.33. The highest BCUT2D eigenvalue weighted by Crippen LogP contribution is 2.30. The van der Waals surface area contributed by atoms with Crippen molar-refractivity contribution in [1.82, 2.24) is 19.8 Å². The Balaban J connectivity index is 1.18. The molecule has 5 rings (SSSR count). The first-order chi connectivity index (χ1) is 18.4. The van der Waals surface area contributed by atoms with Crippen LogP contribution in [0.5, 0.6) is 0 Å². The Bertz CT molecular complexity index is 1070. The lowest BCUT2D eigenvalue weighted by atomic mass is 9.98. The number of likely N-dealkylation sites (tertiary alicyclic amines) is 2. The van der Waals surface area contributed by atoms with E-state index in [-0.39, 0.29) is 18.0 Å². The number of carbonyl (C=O) groups is 1. The van der Waals surface area contributed by atoms with Crippen molar-refractivity contribution in [2.24, 2.45) is 0 Å². The maximum Gasteiger partial charge on any atom is 0.416 e. The fourth-order valence-corrected chi connectivity index (χ4v) is 5.95. The van der Waals surface area contributed by atoms with Gasteiger partial charge in [-0.1, -0.05) is 12.8 Å². The first kappa shape index (κ1) is 26.7.